The molecule has 1 fully saturated rings. The van der Waals surface area contributed by atoms with Gasteiger partial charge in [0, 0.05) is 30.0 Å². The number of β-lactam (4-membered cyclic amide) rings is 1. The number of rotatable bonds is 10. The Balaban J connectivity index is 1.67. The maximum atomic E-state index is 14.3. The van der Waals surface area contributed by atoms with Gasteiger partial charge in [-0.05, 0) is 12.1 Å². The van der Waals surface area contributed by atoms with Crippen molar-refractivity contribution in [2.75, 3.05) is 52.9 Å². The van der Waals surface area contributed by atoms with Gasteiger partial charge in [0.2, 0.25) is 17.4 Å². The molecule has 1 atom stereocenters. The number of para-hydroxylation sites is 2. The van der Waals surface area contributed by atoms with Gasteiger partial charge in [-0.2, -0.15) is 0 Å². The molecule has 3 aromatic carbocycles. The first-order valence-electron chi connectivity index (χ1n) is 12.5. The highest BCUT2D eigenvalue weighted by atomic mass is 16.5. The lowest BCUT2D eigenvalue weighted by atomic mass is 9.80. The van der Waals surface area contributed by atoms with Crippen molar-refractivity contribution in [3.05, 3.63) is 54.4 Å². The zero-order chi connectivity index (χ0) is 29.3. The number of ether oxygens (including phenoxy) is 6. The molecule has 1 aromatic heterocycles. The molecule has 0 bridgehead atoms. The van der Waals surface area contributed by atoms with Gasteiger partial charge in [0.15, 0.2) is 28.5 Å². The molecule has 41 heavy (non-hydrogen) atoms. The number of nitrogens with zero attached hydrogens (tertiary/aromatic N) is 2. The first-order chi connectivity index (χ1) is 19.8. The summed E-state index contributed by atoms with van der Waals surface area (Å²) >= 11 is 0. The Kier molecular flexibility index (Phi) is 7.22. The zero-order valence-corrected chi connectivity index (χ0v) is 23.5. The highest BCUT2D eigenvalue weighted by Crippen LogP contribution is 2.50. The van der Waals surface area contributed by atoms with Crippen LogP contribution in [0.3, 0.4) is 0 Å². The Morgan fingerprint density at radius 1 is 0.829 bits per heavy atom. The van der Waals surface area contributed by atoms with Crippen molar-refractivity contribution in [3.63, 3.8) is 0 Å². The summed E-state index contributed by atoms with van der Waals surface area (Å²) in [6.07, 6.45) is -0.153. The fourth-order valence-electron chi connectivity index (χ4n) is 5.07. The molecule has 0 radical (unpaired) electrons. The van der Waals surface area contributed by atoms with E-state index in [0.29, 0.717) is 56.9 Å². The fourth-order valence-corrected chi connectivity index (χ4v) is 5.07. The zero-order valence-electron chi connectivity index (χ0n) is 23.5. The van der Waals surface area contributed by atoms with Gasteiger partial charge in [-0.25, -0.2) is 4.98 Å². The number of hydrogen-bond acceptors (Lipinski definition) is 9. The van der Waals surface area contributed by atoms with Gasteiger partial charge in [0.25, 0.3) is 5.91 Å². The molecule has 1 aliphatic rings. The summed E-state index contributed by atoms with van der Waals surface area (Å²) in [6, 6.07) is 13.8. The van der Waals surface area contributed by atoms with E-state index in [-0.39, 0.29) is 18.2 Å². The highest BCUT2D eigenvalue weighted by Gasteiger charge is 2.61. The van der Waals surface area contributed by atoms with Gasteiger partial charge >= 0.3 is 0 Å². The Morgan fingerprint density at radius 3 is 1.85 bits per heavy atom. The lowest BCUT2D eigenvalue weighted by Crippen LogP contribution is -2.67. The van der Waals surface area contributed by atoms with E-state index in [0.717, 1.165) is 0 Å². The molecule has 0 spiro atoms. The Labute approximate surface area is 236 Å². The molecule has 12 nitrogen and oxygen atoms in total. The summed E-state index contributed by atoms with van der Waals surface area (Å²) in [4.78, 5) is 37.1. The number of imidazole rings is 1. The molecule has 214 valence electrons. The van der Waals surface area contributed by atoms with Crippen LogP contribution in [0, 0.1) is 0 Å². The molecule has 1 unspecified atom stereocenters. The van der Waals surface area contributed by atoms with Gasteiger partial charge in [-0.15, -0.1) is 0 Å². The molecule has 4 aromatic rings. The van der Waals surface area contributed by atoms with Crippen LogP contribution in [0.15, 0.2) is 48.5 Å². The van der Waals surface area contributed by atoms with Crippen LogP contribution in [0.2, 0.25) is 0 Å². The van der Waals surface area contributed by atoms with E-state index in [2.05, 4.69) is 10.3 Å². The molecular formula is C29H30N4O8. The monoisotopic (exact) mass is 562 g/mol. The van der Waals surface area contributed by atoms with Crippen molar-refractivity contribution < 1.29 is 38.0 Å². The maximum absolute atomic E-state index is 14.3. The second-order valence-corrected chi connectivity index (χ2v) is 9.12. The van der Waals surface area contributed by atoms with E-state index >= 15 is 0 Å². The summed E-state index contributed by atoms with van der Waals surface area (Å²) < 4.78 is 32.8. The SMILES string of the molecule is COc1cc(NC(=O)C2(c3nc4ccccc4[nH]3)CC(=O)N2c2cc(OC)c(OC)c(OC)c2)cc(OC)c1OC. The predicted molar refractivity (Wildman–Crippen MR) is 151 cm³/mol. The number of anilines is 2. The second-order valence-electron chi connectivity index (χ2n) is 9.12. The number of methoxy groups -OCH3 is 6. The van der Waals surface area contributed by atoms with Crippen molar-refractivity contribution in [1.29, 1.82) is 0 Å². The first-order valence-corrected chi connectivity index (χ1v) is 12.5. The van der Waals surface area contributed by atoms with Gasteiger partial charge in [-0.1, -0.05) is 12.1 Å². The lowest BCUT2D eigenvalue weighted by Gasteiger charge is -2.49. The third-order valence-electron chi connectivity index (χ3n) is 7.03. The van der Waals surface area contributed by atoms with Crippen LogP contribution in [0.5, 0.6) is 34.5 Å². The number of aromatic nitrogens is 2. The molecule has 5 rings (SSSR count). The minimum Gasteiger partial charge on any atom is -0.493 e. The van der Waals surface area contributed by atoms with Gasteiger partial charge in [0.1, 0.15) is 5.82 Å². The molecule has 0 aliphatic carbocycles. The summed E-state index contributed by atoms with van der Waals surface area (Å²) in [5.74, 6) is 1.55. The molecule has 2 heterocycles. The van der Waals surface area contributed by atoms with Crippen molar-refractivity contribution in [3.8, 4) is 34.5 Å². The average Bonchev–Trinajstić information content (AvgIpc) is 3.42. The standard InChI is InChI=1S/C29H30N4O8/c1-36-20-11-16(12-21(37-2)25(20)40-5)30-28(35)29(27-31-18-9-7-8-10-19(18)32-27)15-24(34)33(29)17-13-22(38-3)26(41-6)23(14-17)39-4/h7-14H,15H2,1-6H3,(H,30,35)(H,31,32). The van der Waals surface area contributed by atoms with Crippen molar-refractivity contribution in [2.24, 2.45) is 0 Å². The Hall–Kier alpha value is -5.13. The van der Waals surface area contributed by atoms with Crippen LogP contribution in [0.4, 0.5) is 11.4 Å². The number of amides is 2. The fraction of sp³-hybridized carbons (Fsp3) is 0.276. The molecule has 2 N–H and O–H groups in total. The first kappa shape index (κ1) is 27.4. The number of carbonyl (C=O) groups is 2. The number of aromatic amines is 1. The molecule has 2 amide bonds. The largest absolute Gasteiger partial charge is 0.493 e. The van der Waals surface area contributed by atoms with E-state index < -0.39 is 11.4 Å². The topological polar surface area (TPSA) is 133 Å². The molecular weight excluding hydrogens is 532 g/mol. The van der Waals surface area contributed by atoms with E-state index in [1.165, 1.54) is 47.6 Å². The number of nitrogens with one attached hydrogen (secondary N) is 2. The number of fused-ring (bicyclic) bond motifs is 1. The van der Waals surface area contributed by atoms with E-state index in [1.807, 2.05) is 24.3 Å². The van der Waals surface area contributed by atoms with Gasteiger partial charge < -0.3 is 38.7 Å². The second kappa shape index (κ2) is 10.8. The quantitative estimate of drug-likeness (QED) is 0.276. The summed E-state index contributed by atoms with van der Waals surface area (Å²) in [7, 11) is 8.89. The van der Waals surface area contributed by atoms with E-state index in [9.17, 15) is 9.59 Å². The van der Waals surface area contributed by atoms with Crippen molar-refractivity contribution >= 4 is 34.2 Å². The molecule has 1 aliphatic heterocycles. The Bertz CT molecular complexity index is 1550. The minimum atomic E-state index is -1.55. The summed E-state index contributed by atoms with van der Waals surface area (Å²) in [5.41, 5.74) is 0.528. The van der Waals surface area contributed by atoms with Gasteiger partial charge in [0.05, 0.1) is 65.8 Å². The van der Waals surface area contributed by atoms with Crippen LogP contribution < -0.4 is 38.6 Å². The van der Waals surface area contributed by atoms with Crippen molar-refractivity contribution in [2.45, 2.75) is 12.0 Å². The van der Waals surface area contributed by atoms with Crippen LogP contribution in [-0.4, -0.2) is 64.4 Å². The van der Waals surface area contributed by atoms with Crippen LogP contribution in [-0.2, 0) is 15.1 Å². The number of hydrogen-bond donors (Lipinski definition) is 2. The highest BCUT2D eigenvalue weighted by molar-refractivity contribution is 6.17. The normalized spacial score (nSPS) is 16.1. The predicted octanol–water partition coefficient (Wildman–Crippen LogP) is 3.89. The smallest absolute Gasteiger partial charge is 0.259 e. The lowest BCUT2D eigenvalue weighted by molar-refractivity contribution is -0.137. The van der Waals surface area contributed by atoms with Crippen LogP contribution in [0.25, 0.3) is 11.0 Å². The number of H-pyrrole nitrogens is 1. The average molecular weight is 563 g/mol. The van der Waals surface area contributed by atoms with E-state index in [4.69, 9.17) is 33.4 Å². The molecule has 0 saturated carbocycles. The number of carbonyl (C=O) groups excluding carboxylic acids is 2. The summed E-state index contributed by atoms with van der Waals surface area (Å²) in [5, 5.41) is 2.93. The van der Waals surface area contributed by atoms with Crippen LogP contribution in [0.1, 0.15) is 12.2 Å². The third kappa shape index (κ3) is 4.37. The summed E-state index contributed by atoms with van der Waals surface area (Å²) in [6.45, 7) is 0. The van der Waals surface area contributed by atoms with Gasteiger partial charge in [-0.3, -0.25) is 14.5 Å². The van der Waals surface area contributed by atoms with Crippen molar-refractivity contribution in [1.82, 2.24) is 9.97 Å². The minimum absolute atomic E-state index is 0.153. The molecule has 12 heteroatoms. The molecule has 1 saturated heterocycles. The maximum Gasteiger partial charge on any atom is 0.259 e. The number of benzene rings is 3. The van der Waals surface area contributed by atoms with Crippen LogP contribution >= 0.6 is 0 Å². The third-order valence-corrected chi connectivity index (χ3v) is 7.03. The van der Waals surface area contributed by atoms with E-state index in [1.54, 1.807) is 24.3 Å². The Morgan fingerprint density at radius 2 is 1.37 bits per heavy atom.